The van der Waals surface area contributed by atoms with Gasteiger partial charge in [-0.25, -0.2) is 0 Å². The van der Waals surface area contributed by atoms with Gasteiger partial charge in [-0.3, -0.25) is 4.79 Å². The van der Waals surface area contributed by atoms with Crippen LogP contribution in [-0.2, 0) is 4.79 Å². The van der Waals surface area contributed by atoms with Crippen LogP contribution >= 0.6 is 11.8 Å². The third-order valence-corrected chi connectivity index (χ3v) is 4.29. The van der Waals surface area contributed by atoms with Crippen LogP contribution in [-0.4, -0.2) is 36.2 Å². The molecule has 1 fully saturated rings. The van der Waals surface area contributed by atoms with Crippen molar-refractivity contribution in [2.75, 3.05) is 25.4 Å². The normalized spacial score (nSPS) is 19.6. The Morgan fingerprint density at radius 3 is 2.88 bits per heavy atom. The molecule has 0 spiro atoms. The van der Waals surface area contributed by atoms with Crippen molar-refractivity contribution in [3.8, 4) is 0 Å². The first-order valence-electron chi connectivity index (χ1n) is 5.95. The summed E-state index contributed by atoms with van der Waals surface area (Å²) in [4.78, 5) is 14.6. The summed E-state index contributed by atoms with van der Waals surface area (Å²) in [6, 6.07) is 10.4. The SMILES string of the molecule is NCC(=O)N1CCC(CSc2ccccc2)C1. The van der Waals surface area contributed by atoms with Gasteiger partial charge in [-0.05, 0) is 24.5 Å². The minimum absolute atomic E-state index is 0.0808. The monoisotopic (exact) mass is 250 g/mol. The summed E-state index contributed by atoms with van der Waals surface area (Å²) in [5, 5.41) is 0. The van der Waals surface area contributed by atoms with E-state index in [9.17, 15) is 4.79 Å². The molecule has 0 radical (unpaired) electrons. The predicted molar refractivity (Wildman–Crippen MR) is 70.9 cm³/mol. The van der Waals surface area contributed by atoms with Crippen LogP contribution in [0, 0.1) is 5.92 Å². The first-order chi connectivity index (χ1) is 8.29. The fourth-order valence-electron chi connectivity index (χ4n) is 2.06. The number of nitrogens with two attached hydrogens (primary N) is 1. The van der Waals surface area contributed by atoms with E-state index in [1.54, 1.807) is 0 Å². The highest BCUT2D eigenvalue weighted by Crippen LogP contribution is 2.25. The van der Waals surface area contributed by atoms with Crippen molar-refractivity contribution in [3.63, 3.8) is 0 Å². The first-order valence-corrected chi connectivity index (χ1v) is 6.94. The Hall–Kier alpha value is -1.00. The molecular weight excluding hydrogens is 232 g/mol. The number of rotatable bonds is 4. The van der Waals surface area contributed by atoms with Crippen LogP contribution in [0.4, 0.5) is 0 Å². The zero-order chi connectivity index (χ0) is 12.1. The number of hydrogen-bond acceptors (Lipinski definition) is 3. The molecule has 1 aromatic carbocycles. The van der Waals surface area contributed by atoms with Crippen LogP contribution in [0.1, 0.15) is 6.42 Å². The molecule has 1 aliphatic heterocycles. The lowest BCUT2D eigenvalue weighted by atomic mass is 10.2. The molecule has 4 heteroatoms. The highest BCUT2D eigenvalue weighted by atomic mass is 32.2. The maximum Gasteiger partial charge on any atom is 0.236 e. The Balaban J connectivity index is 1.77. The van der Waals surface area contributed by atoms with E-state index < -0.39 is 0 Å². The average Bonchev–Trinajstić information content (AvgIpc) is 2.85. The average molecular weight is 250 g/mol. The van der Waals surface area contributed by atoms with Gasteiger partial charge < -0.3 is 10.6 Å². The maximum absolute atomic E-state index is 11.4. The van der Waals surface area contributed by atoms with Gasteiger partial charge in [0.05, 0.1) is 6.54 Å². The lowest BCUT2D eigenvalue weighted by molar-refractivity contribution is -0.128. The predicted octanol–water partition coefficient (Wildman–Crippen LogP) is 1.59. The van der Waals surface area contributed by atoms with Gasteiger partial charge in [0.15, 0.2) is 0 Å². The lowest BCUT2D eigenvalue weighted by Gasteiger charge is -2.15. The highest BCUT2D eigenvalue weighted by Gasteiger charge is 2.25. The number of carbonyl (C=O) groups is 1. The molecule has 17 heavy (non-hydrogen) atoms. The van der Waals surface area contributed by atoms with Crippen LogP contribution < -0.4 is 5.73 Å². The van der Waals surface area contributed by atoms with Gasteiger partial charge in [0.1, 0.15) is 0 Å². The second-order valence-corrected chi connectivity index (χ2v) is 5.42. The van der Waals surface area contributed by atoms with E-state index in [0.717, 1.165) is 25.3 Å². The Kier molecular flexibility index (Phi) is 4.45. The molecule has 92 valence electrons. The van der Waals surface area contributed by atoms with Crippen molar-refractivity contribution in [2.45, 2.75) is 11.3 Å². The van der Waals surface area contributed by atoms with Crippen LogP contribution in [0.5, 0.6) is 0 Å². The summed E-state index contributed by atoms with van der Waals surface area (Å²) in [7, 11) is 0. The summed E-state index contributed by atoms with van der Waals surface area (Å²) in [6.07, 6.45) is 1.10. The van der Waals surface area contributed by atoms with Gasteiger partial charge in [-0.15, -0.1) is 11.8 Å². The number of carbonyl (C=O) groups excluding carboxylic acids is 1. The highest BCUT2D eigenvalue weighted by molar-refractivity contribution is 7.99. The Bertz CT molecular complexity index is 369. The second-order valence-electron chi connectivity index (χ2n) is 4.32. The quantitative estimate of drug-likeness (QED) is 0.825. The zero-order valence-electron chi connectivity index (χ0n) is 9.84. The summed E-state index contributed by atoms with van der Waals surface area (Å²) >= 11 is 1.87. The molecule has 1 atom stereocenters. The Morgan fingerprint density at radius 1 is 1.41 bits per heavy atom. The van der Waals surface area contributed by atoms with E-state index in [-0.39, 0.29) is 12.5 Å². The van der Waals surface area contributed by atoms with Gasteiger partial charge in [0.2, 0.25) is 5.91 Å². The van der Waals surface area contributed by atoms with Gasteiger partial charge in [0, 0.05) is 23.7 Å². The molecule has 1 aliphatic rings. The van der Waals surface area contributed by atoms with Crippen molar-refractivity contribution >= 4 is 17.7 Å². The van der Waals surface area contributed by atoms with Crippen molar-refractivity contribution in [1.29, 1.82) is 0 Å². The zero-order valence-corrected chi connectivity index (χ0v) is 10.7. The van der Waals surface area contributed by atoms with E-state index in [1.165, 1.54) is 4.90 Å². The minimum Gasteiger partial charge on any atom is -0.341 e. The number of benzene rings is 1. The lowest BCUT2D eigenvalue weighted by Crippen LogP contribution is -2.34. The van der Waals surface area contributed by atoms with E-state index in [0.29, 0.717) is 5.92 Å². The molecule has 2 N–H and O–H groups in total. The Morgan fingerprint density at radius 2 is 2.18 bits per heavy atom. The molecular formula is C13H18N2OS. The molecule has 3 nitrogen and oxygen atoms in total. The van der Waals surface area contributed by atoms with E-state index >= 15 is 0 Å². The third kappa shape index (κ3) is 3.48. The molecule has 1 aromatic rings. The first kappa shape index (κ1) is 12.5. The molecule has 1 saturated heterocycles. The van der Waals surface area contributed by atoms with Gasteiger partial charge >= 0.3 is 0 Å². The van der Waals surface area contributed by atoms with Gasteiger partial charge in [0.25, 0.3) is 0 Å². The van der Waals surface area contributed by atoms with Gasteiger partial charge in [-0.2, -0.15) is 0 Å². The standard InChI is InChI=1S/C13H18N2OS/c14-8-13(16)15-7-6-11(9-15)10-17-12-4-2-1-3-5-12/h1-5,11H,6-10,14H2. The number of nitrogens with zero attached hydrogens (tertiary/aromatic N) is 1. The van der Waals surface area contributed by atoms with Crippen molar-refractivity contribution in [3.05, 3.63) is 30.3 Å². The molecule has 1 heterocycles. The fraction of sp³-hybridized carbons (Fsp3) is 0.462. The Labute approximate surface area is 106 Å². The minimum atomic E-state index is 0.0808. The summed E-state index contributed by atoms with van der Waals surface area (Å²) in [6.45, 7) is 1.88. The van der Waals surface area contributed by atoms with Crippen molar-refractivity contribution in [2.24, 2.45) is 11.7 Å². The number of likely N-dealkylation sites (tertiary alicyclic amines) is 1. The number of hydrogen-bond donors (Lipinski definition) is 1. The van der Waals surface area contributed by atoms with Crippen LogP contribution in [0.2, 0.25) is 0 Å². The maximum atomic E-state index is 11.4. The van der Waals surface area contributed by atoms with Crippen LogP contribution in [0.3, 0.4) is 0 Å². The molecule has 1 amide bonds. The molecule has 0 aromatic heterocycles. The molecule has 0 bridgehead atoms. The second kappa shape index (κ2) is 6.07. The van der Waals surface area contributed by atoms with E-state index in [4.69, 9.17) is 5.73 Å². The fourth-order valence-corrected chi connectivity index (χ4v) is 3.10. The topological polar surface area (TPSA) is 46.3 Å². The number of amides is 1. The summed E-state index contributed by atoms with van der Waals surface area (Å²) in [5.74, 6) is 1.77. The number of thioether (sulfide) groups is 1. The van der Waals surface area contributed by atoms with Crippen molar-refractivity contribution < 1.29 is 4.79 Å². The molecule has 1 unspecified atom stereocenters. The van der Waals surface area contributed by atoms with E-state index in [2.05, 4.69) is 24.3 Å². The summed E-state index contributed by atoms with van der Waals surface area (Å²) < 4.78 is 0. The largest absolute Gasteiger partial charge is 0.341 e. The third-order valence-electron chi connectivity index (χ3n) is 3.04. The summed E-state index contributed by atoms with van der Waals surface area (Å²) in [5.41, 5.74) is 5.37. The molecule has 0 saturated carbocycles. The van der Waals surface area contributed by atoms with Crippen molar-refractivity contribution in [1.82, 2.24) is 4.90 Å². The smallest absolute Gasteiger partial charge is 0.236 e. The molecule has 0 aliphatic carbocycles. The van der Waals surface area contributed by atoms with Crippen LogP contribution in [0.25, 0.3) is 0 Å². The van der Waals surface area contributed by atoms with E-state index in [1.807, 2.05) is 22.7 Å². The van der Waals surface area contributed by atoms with Gasteiger partial charge in [-0.1, -0.05) is 18.2 Å². The molecule has 2 rings (SSSR count). The van der Waals surface area contributed by atoms with Crippen LogP contribution in [0.15, 0.2) is 35.2 Å².